The third-order valence-electron chi connectivity index (χ3n) is 4.17. The summed E-state index contributed by atoms with van der Waals surface area (Å²) in [5.41, 5.74) is 4.82. The zero-order chi connectivity index (χ0) is 12.8. The van der Waals surface area contributed by atoms with Crippen molar-refractivity contribution in [1.29, 1.82) is 0 Å². The summed E-state index contributed by atoms with van der Waals surface area (Å²) in [6, 6.07) is 13.9. The molecule has 3 heteroatoms. The van der Waals surface area contributed by atoms with E-state index in [1.807, 2.05) is 6.07 Å². The van der Waals surface area contributed by atoms with Gasteiger partial charge in [0.25, 0.3) is 0 Å². The number of hydrogen-bond donors (Lipinski definition) is 1. The lowest BCUT2D eigenvalue weighted by atomic mass is 9.90. The molecule has 0 saturated heterocycles. The van der Waals surface area contributed by atoms with Crippen molar-refractivity contribution in [2.45, 2.75) is 12.5 Å². The first-order chi connectivity index (χ1) is 9.33. The highest BCUT2D eigenvalue weighted by Crippen LogP contribution is 2.41. The molecular weight excluding hydrogens is 239 g/mol. The molecule has 1 atom stereocenters. The number of nitrogens with one attached hydrogen (secondary N) is 1. The van der Waals surface area contributed by atoms with Gasteiger partial charge in [0.1, 0.15) is 5.82 Å². The molecule has 96 valence electrons. The van der Waals surface area contributed by atoms with E-state index in [9.17, 15) is 4.39 Å². The highest BCUT2D eigenvalue weighted by Gasteiger charge is 2.31. The molecule has 0 saturated carbocycles. The molecule has 2 aliphatic heterocycles. The van der Waals surface area contributed by atoms with Crippen LogP contribution in [0.25, 0.3) is 0 Å². The highest BCUT2D eigenvalue weighted by molar-refractivity contribution is 5.74. The Labute approximate surface area is 111 Å². The van der Waals surface area contributed by atoms with Gasteiger partial charge in [-0.3, -0.25) is 0 Å². The minimum atomic E-state index is -0.167. The van der Waals surface area contributed by atoms with Crippen LogP contribution >= 0.6 is 0 Å². The van der Waals surface area contributed by atoms with Crippen molar-refractivity contribution < 1.29 is 4.39 Å². The predicted molar refractivity (Wildman–Crippen MR) is 75.1 cm³/mol. The highest BCUT2D eigenvalue weighted by atomic mass is 19.1. The van der Waals surface area contributed by atoms with E-state index in [-0.39, 0.29) is 5.82 Å². The Hall–Kier alpha value is -2.03. The molecule has 0 aliphatic carbocycles. The van der Waals surface area contributed by atoms with Gasteiger partial charge in [0.2, 0.25) is 0 Å². The fraction of sp³-hybridized carbons (Fsp3) is 0.250. The molecule has 4 rings (SSSR count). The SMILES string of the molecule is Fc1ccc2c(c1)N1CCc3ccccc3C1CN2. The van der Waals surface area contributed by atoms with Crippen LogP contribution in [0.3, 0.4) is 0 Å². The van der Waals surface area contributed by atoms with Crippen molar-refractivity contribution in [3.05, 3.63) is 59.4 Å². The van der Waals surface area contributed by atoms with E-state index in [2.05, 4.69) is 34.5 Å². The van der Waals surface area contributed by atoms with Gasteiger partial charge in [-0.25, -0.2) is 4.39 Å². The summed E-state index contributed by atoms with van der Waals surface area (Å²) in [4.78, 5) is 2.33. The van der Waals surface area contributed by atoms with Crippen molar-refractivity contribution in [1.82, 2.24) is 0 Å². The molecule has 2 aromatic carbocycles. The molecule has 2 aliphatic rings. The van der Waals surface area contributed by atoms with E-state index >= 15 is 0 Å². The van der Waals surface area contributed by atoms with Crippen LogP contribution < -0.4 is 10.2 Å². The predicted octanol–water partition coefficient (Wildman–Crippen LogP) is 3.36. The first-order valence-corrected chi connectivity index (χ1v) is 6.71. The normalized spacial score (nSPS) is 20.1. The number of hydrogen-bond acceptors (Lipinski definition) is 2. The summed E-state index contributed by atoms with van der Waals surface area (Å²) in [6.45, 7) is 1.84. The van der Waals surface area contributed by atoms with Crippen LogP contribution in [0, 0.1) is 5.82 Å². The van der Waals surface area contributed by atoms with Gasteiger partial charge in [-0.05, 0) is 35.7 Å². The fourth-order valence-electron chi connectivity index (χ4n) is 3.26. The molecule has 2 nitrogen and oxygen atoms in total. The van der Waals surface area contributed by atoms with Crippen molar-refractivity contribution in [2.75, 3.05) is 23.3 Å². The van der Waals surface area contributed by atoms with Gasteiger partial charge in [0, 0.05) is 13.1 Å². The second-order valence-electron chi connectivity index (χ2n) is 5.20. The van der Waals surface area contributed by atoms with Crippen molar-refractivity contribution in [3.8, 4) is 0 Å². The Balaban J connectivity index is 1.83. The van der Waals surface area contributed by atoms with Gasteiger partial charge < -0.3 is 10.2 Å². The molecule has 0 bridgehead atoms. The Morgan fingerprint density at radius 3 is 3.00 bits per heavy atom. The zero-order valence-corrected chi connectivity index (χ0v) is 10.6. The van der Waals surface area contributed by atoms with Gasteiger partial charge in [0.05, 0.1) is 17.4 Å². The maximum atomic E-state index is 13.5. The van der Waals surface area contributed by atoms with Crippen molar-refractivity contribution in [3.63, 3.8) is 0 Å². The molecule has 2 aromatic rings. The van der Waals surface area contributed by atoms with E-state index in [1.54, 1.807) is 6.07 Å². The molecular formula is C16H15FN2. The Morgan fingerprint density at radius 2 is 2.05 bits per heavy atom. The lowest BCUT2D eigenvalue weighted by Crippen LogP contribution is -2.42. The first-order valence-electron chi connectivity index (χ1n) is 6.71. The van der Waals surface area contributed by atoms with E-state index in [0.29, 0.717) is 6.04 Å². The number of nitrogens with zero attached hydrogens (tertiary/aromatic N) is 1. The average molecular weight is 254 g/mol. The lowest BCUT2D eigenvalue weighted by Gasteiger charge is -2.43. The molecule has 0 radical (unpaired) electrons. The van der Waals surface area contributed by atoms with Crippen molar-refractivity contribution >= 4 is 11.4 Å². The lowest BCUT2D eigenvalue weighted by molar-refractivity contribution is 0.583. The summed E-state index contributed by atoms with van der Waals surface area (Å²) in [6.07, 6.45) is 1.03. The standard InChI is InChI=1S/C16H15FN2/c17-12-5-6-14-15(9-12)19-8-7-11-3-1-2-4-13(11)16(19)10-18-14/h1-6,9,16,18H,7-8,10H2. The summed E-state index contributed by atoms with van der Waals surface area (Å²) < 4.78 is 13.5. The van der Waals surface area contributed by atoms with Gasteiger partial charge in [-0.15, -0.1) is 0 Å². The second-order valence-corrected chi connectivity index (χ2v) is 5.20. The minimum absolute atomic E-state index is 0.167. The van der Waals surface area contributed by atoms with Crippen LogP contribution in [0.15, 0.2) is 42.5 Å². The van der Waals surface area contributed by atoms with E-state index < -0.39 is 0 Å². The number of anilines is 2. The zero-order valence-electron chi connectivity index (χ0n) is 10.6. The number of fused-ring (bicyclic) bond motifs is 5. The summed E-state index contributed by atoms with van der Waals surface area (Å²) in [5.74, 6) is -0.167. The van der Waals surface area contributed by atoms with E-state index in [4.69, 9.17) is 0 Å². The maximum absolute atomic E-state index is 13.5. The van der Waals surface area contributed by atoms with Gasteiger partial charge >= 0.3 is 0 Å². The van der Waals surface area contributed by atoms with Crippen LogP contribution in [0.5, 0.6) is 0 Å². The van der Waals surface area contributed by atoms with E-state index in [1.165, 1.54) is 17.2 Å². The largest absolute Gasteiger partial charge is 0.381 e. The van der Waals surface area contributed by atoms with Crippen LogP contribution in [-0.4, -0.2) is 13.1 Å². The molecule has 0 fully saturated rings. The van der Waals surface area contributed by atoms with Gasteiger partial charge in [-0.1, -0.05) is 24.3 Å². The third kappa shape index (κ3) is 1.61. The monoisotopic (exact) mass is 254 g/mol. The maximum Gasteiger partial charge on any atom is 0.125 e. The number of benzene rings is 2. The number of rotatable bonds is 0. The quantitative estimate of drug-likeness (QED) is 0.775. The molecule has 0 aromatic heterocycles. The van der Waals surface area contributed by atoms with Gasteiger partial charge in [0.15, 0.2) is 0 Å². The topological polar surface area (TPSA) is 15.3 Å². The second kappa shape index (κ2) is 3.98. The smallest absolute Gasteiger partial charge is 0.125 e. The fourth-order valence-corrected chi connectivity index (χ4v) is 3.26. The Morgan fingerprint density at radius 1 is 1.16 bits per heavy atom. The van der Waals surface area contributed by atoms with Crippen molar-refractivity contribution in [2.24, 2.45) is 0 Å². The van der Waals surface area contributed by atoms with Crippen LogP contribution in [0.1, 0.15) is 17.2 Å². The molecule has 2 heterocycles. The van der Waals surface area contributed by atoms with Crippen LogP contribution in [0.2, 0.25) is 0 Å². The molecule has 19 heavy (non-hydrogen) atoms. The molecule has 1 unspecified atom stereocenters. The van der Waals surface area contributed by atoms with E-state index in [0.717, 1.165) is 30.9 Å². The van der Waals surface area contributed by atoms with Crippen LogP contribution in [-0.2, 0) is 6.42 Å². The Kier molecular flexibility index (Phi) is 2.28. The van der Waals surface area contributed by atoms with Crippen LogP contribution in [0.4, 0.5) is 15.8 Å². The summed E-state index contributed by atoms with van der Waals surface area (Å²) in [7, 11) is 0. The third-order valence-corrected chi connectivity index (χ3v) is 4.17. The first kappa shape index (κ1) is 10.9. The minimum Gasteiger partial charge on any atom is -0.381 e. The summed E-state index contributed by atoms with van der Waals surface area (Å²) in [5, 5.41) is 3.42. The average Bonchev–Trinajstić information content (AvgIpc) is 2.46. The molecule has 1 N–H and O–H groups in total. The Bertz CT molecular complexity index is 638. The molecule has 0 spiro atoms. The van der Waals surface area contributed by atoms with Gasteiger partial charge in [-0.2, -0.15) is 0 Å². The number of halogens is 1. The summed E-state index contributed by atoms with van der Waals surface area (Å²) >= 11 is 0. The molecule has 0 amide bonds.